The SMILES string of the molecule is CC1CC(C)CN(C2CCCCC2CN)C1. The van der Waals surface area contributed by atoms with Gasteiger partial charge in [0.15, 0.2) is 0 Å². The maximum atomic E-state index is 5.94. The second-order valence-corrected chi connectivity index (χ2v) is 6.25. The first-order valence-electron chi connectivity index (χ1n) is 7.14. The summed E-state index contributed by atoms with van der Waals surface area (Å²) in [5.41, 5.74) is 5.94. The first-order chi connectivity index (χ1) is 7.70. The summed E-state index contributed by atoms with van der Waals surface area (Å²) in [6.45, 7) is 8.33. The smallest absolute Gasteiger partial charge is 0.0136 e. The molecule has 94 valence electrons. The summed E-state index contributed by atoms with van der Waals surface area (Å²) in [4.78, 5) is 2.76. The summed E-state index contributed by atoms with van der Waals surface area (Å²) in [6.07, 6.45) is 6.98. The Morgan fingerprint density at radius 3 is 2.31 bits per heavy atom. The molecule has 0 amide bonds. The van der Waals surface area contributed by atoms with E-state index in [-0.39, 0.29) is 0 Å². The molecule has 1 saturated heterocycles. The topological polar surface area (TPSA) is 29.3 Å². The lowest BCUT2D eigenvalue weighted by atomic mass is 9.81. The Bertz CT molecular complexity index is 207. The fourth-order valence-electron chi connectivity index (χ4n) is 3.93. The predicted molar refractivity (Wildman–Crippen MR) is 69.3 cm³/mol. The number of rotatable bonds is 2. The molecule has 2 nitrogen and oxygen atoms in total. The van der Waals surface area contributed by atoms with Crippen LogP contribution in [0.3, 0.4) is 0 Å². The van der Waals surface area contributed by atoms with Crippen LogP contribution in [0.5, 0.6) is 0 Å². The third-order valence-corrected chi connectivity index (χ3v) is 4.54. The standard InChI is InChI=1S/C14H28N2/c1-11-7-12(2)10-16(9-11)14-6-4-3-5-13(14)8-15/h11-14H,3-10,15H2,1-2H3. The zero-order valence-corrected chi connectivity index (χ0v) is 11.0. The lowest BCUT2D eigenvalue weighted by Crippen LogP contribution is -2.50. The van der Waals surface area contributed by atoms with E-state index in [4.69, 9.17) is 5.73 Å². The van der Waals surface area contributed by atoms with Gasteiger partial charge in [0.25, 0.3) is 0 Å². The van der Waals surface area contributed by atoms with E-state index in [0.717, 1.165) is 30.3 Å². The Morgan fingerprint density at radius 2 is 1.69 bits per heavy atom. The van der Waals surface area contributed by atoms with Crippen LogP contribution >= 0.6 is 0 Å². The highest BCUT2D eigenvalue weighted by Crippen LogP contribution is 2.32. The number of likely N-dealkylation sites (tertiary alicyclic amines) is 1. The van der Waals surface area contributed by atoms with Crippen LogP contribution in [0.15, 0.2) is 0 Å². The first-order valence-corrected chi connectivity index (χ1v) is 7.14. The zero-order chi connectivity index (χ0) is 11.5. The number of nitrogens with zero attached hydrogens (tertiary/aromatic N) is 1. The van der Waals surface area contributed by atoms with Crippen molar-refractivity contribution in [2.45, 2.75) is 52.0 Å². The van der Waals surface area contributed by atoms with Gasteiger partial charge in [-0.25, -0.2) is 0 Å². The molecule has 2 fully saturated rings. The van der Waals surface area contributed by atoms with Gasteiger partial charge in [0.05, 0.1) is 0 Å². The Labute approximate surface area is 101 Å². The van der Waals surface area contributed by atoms with E-state index in [9.17, 15) is 0 Å². The molecule has 1 aliphatic carbocycles. The van der Waals surface area contributed by atoms with E-state index >= 15 is 0 Å². The van der Waals surface area contributed by atoms with Gasteiger partial charge in [0.2, 0.25) is 0 Å². The highest BCUT2D eigenvalue weighted by atomic mass is 15.2. The molecule has 0 aromatic heterocycles. The Morgan fingerprint density at radius 1 is 1.06 bits per heavy atom. The highest BCUT2D eigenvalue weighted by molar-refractivity contribution is 4.87. The predicted octanol–water partition coefficient (Wildman–Crippen LogP) is 2.48. The number of hydrogen-bond acceptors (Lipinski definition) is 2. The molecule has 16 heavy (non-hydrogen) atoms. The van der Waals surface area contributed by atoms with Gasteiger partial charge in [-0.3, -0.25) is 4.90 Å². The summed E-state index contributed by atoms with van der Waals surface area (Å²) in [6, 6.07) is 0.795. The molecule has 0 bridgehead atoms. The molecule has 4 atom stereocenters. The van der Waals surface area contributed by atoms with Gasteiger partial charge in [-0.1, -0.05) is 26.7 Å². The fourth-order valence-corrected chi connectivity index (χ4v) is 3.93. The van der Waals surface area contributed by atoms with E-state index < -0.39 is 0 Å². The summed E-state index contributed by atoms with van der Waals surface area (Å²) in [7, 11) is 0. The largest absolute Gasteiger partial charge is 0.330 e. The monoisotopic (exact) mass is 224 g/mol. The van der Waals surface area contributed by atoms with E-state index in [1.807, 2.05) is 0 Å². The fraction of sp³-hybridized carbons (Fsp3) is 1.00. The zero-order valence-electron chi connectivity index (χ0n) is 11.0. The highest BCUT2D eigenvalue weighted by Gasteiger charge is 2.33. The Kier molecular flexibility index (Phi) is 4.26. The van der Waals surface area contributed by atoms with Crippen molar-refractivity contribution >= 4 is 0 Å². The molecule has 2 heteroatoms. The summed E-state index contributed by atoms with van der Waals surface area (Å²) in [5, 5.41) is 0. The third kappa shape index (κ3) is 2.78. The summed E-state index contributed by atoms with van der Waals surface area (Å²) >= 11 is 0. The van der Waals surface area contributed by atoms with Crippen LogP contribution in [0.25, 0.3) is 0 Å². The van der Waals surface area contributed by atoms with Crippen molar-refractivity contribution in [2.75, 3.05) is 19.6 Å². The first kappa shape index (κ1) is 12.4. The summed E-state index contributed by atoms with van der Waals surface area (Å²) in [5.74, 6) is 2.53. The minimum atomic E-state index is 0.770. The van der Waals surface area contributed by atoms with Crippen molar-refractivity contribution in [1.82, 2.24) is 4.90 Å². The van der Waals surface area contributed by atoms with Crippen LogP contribution in [0, 0.1) is 17.8 Å². The minimum absolute atomic E-state index is 0.770. The van der Waals surface area contributed by atoms with Crippen molar-refractivity contribution in [3.8, 4) is 0 Å². The van der Waals surface area contributed by atoms with Crippen molar-refractivity contribution in [2.24, 2.45) is 23.5 Å². The average molecular weight is 224 g/mol. The molecule has 0 radical (unpaired) electrons. The molecule has 2 rings (SSSR count). The Balaban J connectivity index is 1.98. The van der Waals surface area contributed by atoms with E-state index in [1.54, 1.807) is 0 Å². The van der Waals surface area contributed by atoms with Gasteiger partial charge < -0.3 is 5.73 Å². The van der Waals surface area contributed by atoms with Gasteiger partial charge in [-0.05, 0) is 43.6 Å². The quantitative estimate of drug-likeness (QED) is 0.781. The number of hydrogen-bond donors (Lipinski definition) is 1. The molecule has 0 aromatic carbocycles. The number of piperidine rings is 1. The molecule has 1 aliphatic heterocycles. The third-order valence-electron chi connectivity index (χ3n) is 4.54. The molecule has 2 N–H and O–H groups in total. The van der Waals surface area contributed by atoms with Gasteiger partial charge in [0, 0.05) is 19.1 Å². The van der Waals surface area contributed by atoms with E-state index in [1.165, 1.54) is 45.2 Å². The van der Waals surface area contributed by atoms with Crippen LogP contribution in [-0.4, -0.2) is 30.6 Å². The van der Waals surface area contributed by atoms with Crippen molar-refractivity contribution in [3.63, 3.8) is 0 Å². The minimum Gasteiger partial charge on any atom is -0.330 e. The molecular formula is C14H28N2. The van der Waals surface area contributed by atoms with Gasteiger partial charge in [0.1, 0.15) is 0 Å². The van der Waals surface area contributed by atoms with E-state index in [0.29, 0.717) is 0 Å². The van der Waals surface area contributed by atoms with Crippen molar-refractivity contribution in [3.05, 3.63) is 0 Å². The van der Waals surface area contributed by atoms with Crippen LogP contribution < -0.4 is 5.73 Å². The van der Waals surface area contributed by atoms with Crippen LogP contribution in [0.2, 0.25) is 0 Å². The summed E-state index contributed by atoms with van der Waals surface area (Å²) < 4.78 is 0. The lowest BCUT2D eigenvalue weighted by molar-refractivity contribution is 0.0464. The molecular weight excluding hydrogens is 196 g/mol. The maximum Gasteiger partial charge on any atom is 0.0136 e. The number of nitrogens with two attached hydrogens (primary N) is 1. The van der Waals surface area contributed by atoms with E-state index in [2.05, 4.69) is 18.7 Å². The van der Waals surface area contributed by atoms with Crippen molar-refractivity contribution < 1.29 is 0 Å². The van der Waals surface area contributed by atoms with Crippen LogP contribution in [0.4, 0.5) is 0 Å². The maximum absolute atomic E-state index is 5.94. The normalized spacial score (nSPS) is 42.2. The van der Waals surface area contributed by atoms with Gasteiger partial charge >= 0.3 is 0 Å². The van der Waals surface area contributed by atoms with Crippen LogP contribution in [0.1, 0.15) is 46.0 Å². The second kappa shape index (κ2) is 5.50. The molecule has 0 spiro atoms. The Hall–Kier alpha value is -0.0800. The second-order valence-electron chi connectivity index (χ2n) is 6.25. The average Bonchev–Trinajstić information content (AvgIpc) is 2.27. The molecule has 4 unspecified atom stereocenters. The molecule has 1 saturated carbocycles. The van der Waals surface area contributed by atoms with Crippen molar-refractivity contribution in [1.29, 1.82) is 0 Å². The molecule has 0 aromatic rings. The van der Waals surface area contributed by atoms with Gasteiger partial charge in [-0.15, -0.1) is 0 Å². The van der Waals surface area contributed by atoms with Crippen LogP contribution in [-0.2, 0) is 0 Å². The van der Waals surface area contributed by atoms with Gasteiger partial charge in [-0.2, -0.15) is 0 Å². The molecule has 1 heterocycles. The molecule has 2 aliphatic rings. The lowest BCUT2D eigenvalue weighted by Gasteiger charge is -2.45.